The van der Waals surface area contributed by atoms with Gasteiger partial charge in [-0.2, -0.15) is 17.0 Å². The van der Waals surface area contributed by atoms with E-state index in [4.69, 9.17) is 4.74 Å². The highest BCUT2D eigenvalue weighted by Crippen LogP contribution is 2.11. The van der Waals surface area contributed by atoms with Crippen molar-refractivity contribution in [1.82, 2.24) is 8.61 Å². The molecular weight excluding hydrogens is 296 g/mol. The van der Waals surface area contributed by atoms with E-state index in [2.05, 4.69) is 15.9 Å². The molecule has 0 unspecified atom stereocenters. The molecule has 7 heteroatoms. The lowest BCUT2D eigenvalue weighted by atomic mass is 10.5. The van der Waals surface area contributed by atoms with Crippen LogP contribution in [0.2, 0.25) is 0 Å². The number of morpholine rings is 1. The third kappa shape index (κ3) is 3.66. The lowest BCUT2D eigenvalue weighted by Gasteiger charge is -2.31. The SMILES string of the molecule is CCN(CCCBr)S(=O)(=O)N1CCOCC1. The molecule has 96 valence electrons. The zero-order chi connectivity index (χ0) is 12.0. The highest BCUT2D eigenvalue weighted by Gasteiger charge is 2.29. The summed E-state index contributed by atoms with van der Waals surface area (Å²) in [5.41, 5.74) is 0. The van der Waals surface area contributed by atoms with E-state index in [1.165, 1.54) is 8.61 Å². The third-order valence-electron chi connectivity index (χ3n) is 2.52. The van der Waals surface area contributed by atoms with Gasteiger partial charge < -0.3 is 4.74 Å². The normalized spacial score (nSPS) is 19.2. The molecule has 0 bridgehead atoms. The largest absolute Gasteiger partial charge is 0.379 e. The van der Waals surface area contributed by atoms with Crippen molar-refractivity contribution in [3.8, 4) is 0 Å². The predicted octanol–water partition coefficient (Wildman–Crippen LogP) is 0.670. The maximum atomic E-state index is 12.2. The Morgan fingerprint density at radius 1 is 1.38 bits per heavy atom. The average Bonchev–Trinajstić information content (AvgIpc) is 2.31. The first-order chi connectivity index (χ1) is 7.62. The standard InChI is InChI=1S/C9H19BrN2O3S/c1-2-11(5-3-4-10)16(13,14)12-6-8-15-9-7-12/h2-9H2,1H3. The molecular formula is C9H19BrN2O3S. The third-order valence-corrected chi connectivity index (χ3v) is 5.19. The van der Waals surface area contributed by atoms with Gasteiger partial charge in [-0.25, -0.2) is 0 Å². The summed E-state index contributed by atoms with van der Waals surface area (Å²) >= 11 is 3.31. The van der Waals surface area contributed by atoms with Crippen LogP contribution < -0.4 is 0 Å². The molecule has 1 rings (SSSR count). The minimum absolute atomic E-state index is 0.465. The second-order valence-electron chi connectivity index (χ2n) is 3.55. The molecule has 1 aliphatic rings. The topological polar surface area (TPSA) is 49.9 Å². The van der Waals surface area contributed by atoms with Crippen LogP contribution in [0.15, 0.2) is 0 Å². The van der Waals surface area contributed by atoms with E-state index in [0.717, 1.165) is 11.8 Å². The number of rotatable bonds is 6. The Morgan fingerprint density at radius 3 is 2.50 bits per heavy atom. The van der Waals surface area contributed by atoms with E-state index >= 15 is 0 Å². The maximum absolute atomic E-state index is 12.2. The van der Waals surface area contributed by atoms with Gasteiger partial charge in [0.15, 0.2) is 0 Å². The van der Waals surface area contributed by atoms with Crippen LogP contribution in [0.1, 0.15) is 13.3 Å². The van der Waals surface area contributed by atoms with Crippen molar-refractivity contribution in [3.05, 3.63) is 0 Å². The van der Waals surface area contributed by atoms with Crippen LogP contribution in [0.5, 0.6) is 0 Å². The van der Waals surface area contributed by atoms with E-state index < -0.39 is 10.2 Å². The van der Waals surface area contributed by atoms with E-state index in [9.17, 15) is 8.42 Å². The molecule has 0 atom stereocenters. The first kappa shape index (κ1) is 14.4. The van der Waals surface area contributed by atoms with Crippen LogP contribution >= 0.6 is 15.9 Å². The fourth-order valence-electron chi connectivity index (χ4n) is 1.61. The molecule has 0 spiro atoms. The van der Waals surface area contributed by atoms with Crippen molar-refractivity contribution in [2.24, 2.45) is 0 Å². The lowest BCUT2D eigenvalue weighted by Crippen LogP contribution is -2.48. The first-order valence-corrected chi connectivity index (χ1v) is 8.03. The summed E-state index contributed by atoms with van der Waals surface area (Å²) in [6.45, 7) is 4.88. The van der Waals surface area contributed by atoms with E-state index in [1.807, 2.05) is 6.92 Å². The molecule has 0 aromatic rings. The summed E-state index contributed by atoms with van der Waals surface area (Å²) < 4.78 is 32.6. The molecule has 0 aromatic carbocycles. The maximum Gasteiger partial charge on any atom is 0.282 e. The van der Waals surface area contributed by atoms with Gasteiger partial charge >= 0.3 is 0 Å². The second kappa shape index (κ2) is 6.90. The molecule has 1 aliphatic heterocycles. The van der Waals surface area contributed by atoms with Gasteiger partial charge in [0.25, 0.3) is 10.2 Å². The van der Waals surface area contributed by atoms with Crippen molar-refractivity contribution in [1.29, 1.82) is 0 Å². The molecule has 0 saturated carbocycles. The van der Waals surface area contributed by atoms with Crippen molar-refractivity contribution in [2.75, 3.05) is 44.7 Å². The Labute approximate surface area is 106 Å². The van der Waals surface area contributed by atoms with Crippen LogP contribution in [0.4, 0.5) is 0 Å². The fourth-order valence-corrected chi connectivity index (χ4v) is 3.49. The molecule has 0 aromatic heterocycles. The number of ether oxygens (including phenoxy) is 1. The summed E-state index contributed by atoms with van der Waals surface area (Å²) in [7, 11) is -3.28. The van der Waals surface area contributed by atoms with Gasteiger partial charge in [-0.1, -0.05) is 22.9 Å². The Kier molecular flexibility index (Phi) is 6.20. The van der Waals surface area contributed by atoms with Crippen molar-refractivity contribution in [3.63, 3.8) is 0 Å². The van der Waals surface area contributed by atoms with Crippen LogP contribution in [0, 0.1) is 0 Å². The van der Waals surface area contributed by atoms with Crippen LogP contribution in [-0.4, -0.2) is 61.8 Å². The van der Waals surface area contributed by atoms with Gasteiger partial charge in [0, 0.05) is 31.5 Å². The molecule has 16 heavy (non-hydrogen) atoms. The minimum atomic E-state index is -3.28. The average molecular weight is 315 g/mol. The van der Waals surface area contributed by atoms with Crippen molar-refractivity contribution in [2.45, 2.75) is 13.3 Å². The van der Waals surface area contributed by atoms with Crippen molar-refractivity contribution < 1.29 is 13.2 Å². The first-order valence-electron chi connectivity index (χ1n) is 5.52. The zero-order valence-electron chi connectivity index (χ0n) is 9.56. The molecule has 1 fully saturated rings. The Balaban J connectivity index is 2.64. The van der Waals surface area contributed by atoms with Crippen LogP contribution in [-0.2, 0) is 14.9 Å². The minimum Gasteiger partial charge on any atom is -0.379 e. The van der Waals surface area contributed by atoms with Crippen molar-refractivity contribution >= 4 is 26.1 Å². The van der Waals surface area contributed by atoms with E-state index in [-0.39, 0.29) is 0 Å². The Hall–Kier alpha value is 0.310. The summed E-state index contributed by atoms with van der Waals surface area (Å²) in [5, 5.41) is 0.822. The van der Waals surface area contributed by atoms with Gasteiger partial charge in [-0.15, -0.1) is 0 Å². The Morgan fingerprint density at radius 2 is 2.00 bits per heavy atom. The molecule has 1 saturated heterocycles. The molecule has 5 nitrogen and oxygen atoms in total. The van der Waals surface area contributed by atoms with E-state index in [0.29, 0.717) is 39.4 Å². The zero-order valence-corrected chi connectivity index (χ0v) is 12.0. The molecule has 1 heterocycles. The van der Waals surface area contributed by atoms with Gasteiger partial charge in [0.1, 0.15) is 0 Å². The number of nitrogens with zero attached hydrogens (tertiary/aromatic N) is 2. The molecule has 0 amide bonds. The lowest BCUT2D eigenvalue weighted by molar-refractivity contribution is 0.0702. The molecule has 0 radical (unpaired) electrons. The highest BCUT2D eigenvalue weighted by atomic mass is 79.9. The monoisotopic (exact) mass is 314 g/mol. The van der Waals surface area contributed by atoms with Gasteiger partial charge in [0.2, 0.25) is 0 Å². The molecule has 0 aliphatic carbocycles. The number of hydrogen-bond acceptors (Lipinski definition) is 3. The predicted molar refractivity (Wildman–Crippen MR) is 67.0 cm³/mol. The number of hydrogen-bond donors (Lipinski definition) is 0. The van der Waals surface area contributed by atoms with Crippen LogP contribution in [0.25, 0.3) is 0 Å². The quantitative estimate of drug-likeness (QED) is 0.677. The summed E-state index contributed by atoms with van der Waals surface area (Å²) in [6.07, 6.45) is 0.831. The summed E-state index contributed by atoms with van der Waals surface area (Å²) in [6, 6.07) is 0. The van der Waals surface area contributed by atoms with Crippen LogP contribution in [0.3, 0.4) is 0 Å². The second-order valence-corrected chi connectivity index (χ2v) is 6.27. The highest BCUT2D eigenvalue weighted by molar-refractivity contribution is 9.09. The Bertz CT molecular complexity index is 291. The summed E-state index contributed by atoms with van der Waals surface area (Å²) in [5.74, 6) is 0. The summed E-state index contributed by atoms with van der Waals surface area (Å²) in [4.78, 5) is 0. The van der Waals surface area contributed by atoms with Gasteiger partial charge in [-0.3, -0.25) is 0 Å². The fraction of sp³-hybridized carbons (Fsp3) is 1.00. The van der Waals surface area contributed by atoms with Gasteiger partial charge in [-0.05, 0) is 6.42 Å². The van der Waals surface area contributed by atoms with Gasteiger partial charge in [0.05, 0.1) is 13.2 Å². The smallest absolute Gasteiger partial charge is 0.282 e. The number of alkyl halides is 1. The van der Waals surface area contributed by atoms with E-state index in [1.54, 1.807) is 0 Å². The molecule has 0 N–H and O–H groups in total. The number of halogens is 1.